The van der Waals surface area contributed by atoms with Gasteiger partial charge in [-0.2, -0.15) is 4.98 Å². The van der Waals surface area contributed by atoms with E-state index in [-0.39, 0.29) is 24.4 Å². The van der Waals surface area contributed by atoms with E-state index in [1.165, 1.54) is 12.8 Å². The van der Waals surface area contributed by atoms with E-state index in [4.69, 9.17) is 9.26 Å². The summed E-state index contributed by atoms with van der Waals surface area (Å²) in [6.07, 6.45) is 2.88. The molecule has 2 heterocycles. The Morgan fingerprint density at radius 2 is 2.25 bits per heavy atom. The zero-order valence-corrected chi connectivity index (χ0v) is 17.4. The van der Waals surface area contributed by atoms with Crippen LogP contribution in [-0.4, -0.2) is 36.2 Å². The summed E-state index contributed by atoms with van der Waals surface area (Å²) in [6, 6.07) is 7.13. The first-order valence-electron chi connectivity index (χ1n) is 9.55. The minimum absolute atomic E-state index is 0. The number of hydrogen-bond donors (Lipinski definition) is 2. The molecule has 2 aromatic rings. The van der Waals surface area contributed by atoms with Crippen molar-refractivity contribution < 1.29 is 14.1 Å². The molecule has 1 fully saturated rings. The number of halogens is 1. The lowest BCUT2D eigenvalue weighted by molar-refractivity contribution is -0.123. The molecular formula is C20H29ClN4O3. The first-order valence-corrected chi connectivity index (χ1v) is 9.55. The van der Waals surface area contributed by atoms with Gasteiger partial charge >= 0.3 is 0 Å². The number of carbonyl (C=O) groups excluding carboxylic acids is 1. The third kappa shape index (κ3) is 5.69. The minimum atomic E-state index is -0.332. The molecule has 1 amide bonds. The number of ether oxygens (including phenoxy) is 1. The smallest absolute Gasteiger partial charge is 0.249 e. The van der Waals surface area contributed by atoms with E-state index in [0.717, 1.165) is 24.4 Å². The van der Waals surface area contributed by atoms with E-state index in [0.29, 0.717) is 30.0 Å². The van der Waals surface area contributed by atoms with E-state index in [1.54, 1.807) is 7.11 Å². The molecule has 0 aliphatic carbocycles. The van der Waals surface area contributed by atoms with Gasteiger partial charge in [-0.1, -0.05) is 24.2 Å². The Hall–Kier alpha value is -2.12. The lowest BCUT2D eigenvalue weighted by Gasteiger charge is -2.28. The SMILES string of the molecule is COc1cccc(-c2noc(C(C)NC(=O)CC(C)C3CCCNC3)n2)c1.Cl. The monoisotopic (exact) mass is 408 g/mol. The second-order valence-electron chi connectivity index (χ2n) is 7.27. The Labute approximate surface area is 172 Å². The first-order chi connectivity index (χ1) is 13.1. The molecule has 0 bridgehead atoms. The van der Waals surface area contributed by atoms with Gasteiger partial charge in [-0.15, -0.1) is 12.4 Å². The van der Waals surface area contributed by atoms with Gasteiger partial charge in [0, 0.05) is 12.0 Å². The molecule has 3 atom stereocenters. The highest BCUT2D eigenvalue weighted by Crippen LogP contribution is 2.24. The summed E-state index contributed by atoms with van der Waals surface area (Å²) in [4.78, 5) is 16.8. The van der Waals surface area contributed by atoms with Crippen LogP contribution in [0.4, 0.5) is 0 Å². The van der Waals surface area contributed by atoms with Gasteiger partial charge in [-0.3, -0.25) is 4.79 Å². The molecule has 1 aliphatic heterocycles. The molecule has 1 aromatic heterocycles. The van der Waals surface area contributed by atoms with E-state index in [1.807, 2.05) is 31.2 Å². The van der Waals surface area contributed by atoms with Gasteiger partial charge in [0.05, 0.1) is 7.11 Å². The predicted molar refractivity (Wildman–Crippen MR) is 109 cm³/mol. The molecule has 0 radical (unpaired) electrons. The van der Waals surface area contributed by atoms with Crippen LogP contribution in [-0.2, 0) is 4.79 Å². The Bertz CT molecular complexity index is 761. The summed E-state index contributed by atoms with van der Waals surface area (Å²) in [7, 11) is 1.61. The van der Waals surface area contributed by atoms with E-state index in [2.05, 4.69) is 27.7 Å². The van der Waals surface area contributed by atoms with Gasteiger partial charge in [-0.05, 0) is 56.8 Å². The van der Waals surface area contributed by atoms with Crippen molar-refractivity contribution in [2.24, 2.45) is 11.8 Å². The second-order valence-corrected chi connectivity index (χ2v) is 7.27. The number of rotatable bonds is 7. The topological polar surface area (TPSA) is 89.3 Å². The van der Waals surface area contributed by atoms with E-state index >= 15 is 0 Å². The number of nitrogens with one attached hydrogen (secondary N) is 2. The van der Waals surface area contributed by atoms with Gasteiger partial charge in [0.1, 0.15) is 11.8 Å². The van der Waals surface area contributed by atoms with Crippen LogP contribution in [0.25, 0.3) is 11.4 Å². The highest BCUT2D eigenvalue weighted by atomic mass is 35.5. The number of benzene rings is 1. The quantitative estimate of drug-likeness (QED) is 0.730. The van der Waals surface area contributed by atoms with Crippen molar-refractivity contribution in [1.82, 2.24) is 20.8 Å². The summed E-state index contributed by atoms with van der Waals surface area (Å²) in [5, 5.41) is 10.4. The highest BCUT2D eigenvalue weighted by molar-refractivity contribution is 5.85. The Morgan fingerprint density at radius 3 is 2.96 bits per heavy atom. The van der Waals surface area contributed by atoms with Gasteiger partial charge < -0.3 is 19.9 Å². The van der Waals surface area contributed by atoms with Crippen molar-refractivity contribution in [2.75, 3.05) is 20.2 Å². The second kappa shape index (κ2) is 10.4. The van der Waals surface area contributed by atoms with Crippen molar-refractivity contribution in [3.63, 3.8) is 0 Å². The highest BCUT2D eigenvalue weighted by Gasteiger charge is 2.24. The average molecular weight is 409 g/mol. The maximum absolute atomic E-state index is 12.4. The fraction of sp³-hybridized carbons (Fsp3) is 0.550. The van der Waals surface area contributed by atoms with E-state index < -0.39 is 0 Å². The van der Waals surface area contributed by atoms with Gasteiger partial charge in [0.2, 0.25) is 17.6 Å². The molecular weight excluding hydrogens is 380 g/mol. The molecule has 1 saturated heterocycles. The summed E-state index contributed by atoms with van der Waals surface area (Å²) in [6.45, 7) is 6.08. The van der Waals surface area contributed by atoms with Crippen LogP contribution in [0.2, 0.25) is 0 Å². The molecule has 2 N–H and O–H groups in total. The largest absolute Gasteiger partial charge is 0.497 e. The lowest BCUT2D eigenvalue weighted by Crippen LogP contribution is -2.36. The van der Waals surface area contributed by atoms with Crippen molar-refractivity contribution in [1.29, 1.82) is 0 Å². The number of aromatic nitrogens is 2. The number of carbonyl (C=O) groups is 1. The zero-order valence-electron chi connectivity index (χ0n) is 16.6. The molecule has 7 nitrogen and oxygen atoms in total. The van der Waals surface area contributed by atoms with Crippen LogP contribution in [0.5, 0.6) is 5.75 Å². The Morgan fingerprint density at radius 1 is 1.43 bits per heavy atom. The van der Waals surface area contributed by atoms with Crippen LogP contribution in [0, 0.1) is 11.8 Å². The van der Waals surface area contributed by atoms with Crippen molar-refractivity contribution in [2.45, 2.75) is 39.2 Å². The fourth-order valence-corrected chi connectivity index (χ4v) is 3.48. The van der Waals surface area contributed by atoms with Gasteiger partial charge in [0.15, 0.2) is 0 Å². The average Bonchev–Trinajstić information content (AvgIpc) is 3.19. The van der Waals surface area contributed by atoms with Gasteiger partial charge in [0.25, 0.3) is 0 Å². The summed E-state index contributed by atoms with van der Waals surface area (Å²) < 4.78 is 10.6. The molecule has 154 valence electrons. The molecule has 1 aliphatic rings. The van der Waals surface area contributed by atoms with Crippen LogP contribution in [0.3, 0.4) is 0 Å². The summed E-state index contributed by atoms with van der Waals surface area (Å²) >= 11 is 0. The number of piperidine rings is 1. The summed E-state index contributed by atoms with van der Waals surface area (Å²) in [5.41, 5.74) is 0.807. The van der Waals surface area contributed by atoms with Crippen molar-refractivity contribution in [3.05, 3.63) is 30.2 Å². The predicted octanol–water partition coefficient (Wildman–Crippen LogP) is 3.37. The third-order valence-electron chi connectivity index (χ3n) is 5.16. The number of amides is 1. The molecule has 3 rings (SSSR count). The normalized spacial score (nSPS) is 18.6. The first kappa shape index (κ1) is 22.2. The van der Waals surface area contributed by atoms with E-state index in [9.17, 15) is 4.79 Å². The number of methoxy groups -OCH3 is 1. The Kier molecular flexibility index (Phi) is 8.26. The molecule has 0 spiro atoms. The van der Waals surface area contributed by atoms with Crippen molar-refractivity contribution in [3.8, 4) is 17.1 Å². The molecule has 28 heavy (non-hydrogen) atoms. The third-order valence-corrected chi connectivity index (χ3v) is 5.16. The molecule has 1 aromatic carbocycles. The van der Waals surface area contributed by atoms with Crippen molar-refractivity contribution >= 4 is 18.3 Å². The molecule has 3 unspecified atom stereocenters. The van der Waals surface area contributed by atoms with Gasteiger partial charge in [-0.25, -0.2) is 0 Å². The Balaban J connectivity index is 0.00000280. The van der Waals surface area contributed by atoms with Crippen LogP contribution in [0.1, 0.15) is 45.0 Å². The maximum atomic E-state index is 12.4. The molecule has 0 saturated carbocycles. The zero-order chi connectivity index (χ0) is 19.2. The molecule has 8 heteroatoms. The minimum Gasteiger partial charge on any atom is -0.497 e. The summed E-state index contributed by atoms with van der Waals surface area (Å²) in [5.74, 6) is 2.52. The number of hydrogen-bond acceptors (Lipinski definition) is 6. The number of nitrogens with zero attached hydrogens (tertiary/aromatic N) is 2. The van der Waals surface area contributed by atoms with Crippen LogP contribution >= 0.6 is 12.4 Å². The standard InChI is InChI=1S/C20H28N4O3.ClH/c1-13(16-7-5-9-21-12-16)10-18(25)22-14(2)20-23-19(24-27-20)15-6-4-8-17(11-15)26-3;/h4,6,8,11,13-14,16,21H,5,7,9-10,12H2,1-3H3,(H,22,25);1H. The lowest BCUT2D eigenvalue weighted by atomic mass is 9.85. The van der Waals surface area contributed by atoms with Crippen LogP contribution in [0.15, 0.2) is 28.8 Å². The maximum Gasteiger partial charge on any atom is 0.249 e. The fourth-order valence-electron chi connectivity index (χ4n) is 3.48. The van der Waals surface area contributed by atoms with Crippen LogP contribution < -0.4 is 15.4 Å².